The number of piperazine rings is 1. The number of carbonyl (C=O) groups excluding carboxylic acids is 1. The smallest absolute Gasteiger partial charge is 0.416 e. The summed E-state index contributed by atoms with van der Waals surface area (Å²) in [4.78, 5) is 16.9. The zero-order chi connectivity index (χ0) is 26.6. The maximum atomic E-state index is 12.8. The molecule has 1 saturated heterocycles. The Kier molecular flexibility index (Phi) is 8.16. The molecule has 1 atom stereocenters. The summed E-state index contributed by atoms with van der Waals surface area (Å²) in [6, 6.07) is 8.72. The van der Waals surface area contributed by atoms with E-state index in [4.69, 9.17) is 4.74 Å². The van der Waals surface area contributed by atoms with Gasteiger partial charge in [-0.25, -0.2) is 0 Å². The Morgan fingerprint density at radius 2 is 1.73 bits per heavy atom. The summed E-state index contributed by atoms with van der Waals surface area (Å²) in [5.41, 5.74) is 3.04. The minimum absolute atomic E-state index is 0.156. The molecule has 2 heterocycles. The van der Waals surface area contributed by atoms with Gasteiger partial charge in [-0.2, -0.15) is 13.2 Å². The number of ether oxygens (including phenoxy) is 1. The van der Waals surface area contributed by atoms with Crippen LogP contribution in [-0.2, 0) is 12.7 Å². The van der Waals surface area contributed by atoms with E-state index < -0.39 is 11.7 Å². The number of amides is 1. The molecule has 10 heteroatoms. The number of aryl methyl sites for hydroxylation is 1. The summed E-state index contributed by atoms with van der Waals surface area (Å²) >= 11 is 0. The molecule has 1 aromatic heterocycles. The minimum Gasteiger partial charge on any atom is -0.493 e. The summed E-state index contributed by atoms with van der Waals surface area (Å²) in [6.07, 6.45) is -0.0977. The molecule has 7 nitrogen and oxygen atoms in total. The Hall–Kier alpha value is -3.40. The lowest BCUT2D eigenvalue weighted by molar-refractivity contribution is -0.137. The Labute approximate surface area is 214 Å². The maximum Gasteiger partial charge on any atom is 0.416 e. The molecule has 0 radical (unpaired) electrons. The maximum absolute atomic E-state index is 12.8. The summed E-state index contributed by atoms with van der Waals surface area (Å²) < 4.78 is 46.2. The fourth-order valence-corrected chi connectivity index (χ4v) is 4.68. The molecule has 0 aliphatic carbocycles. The van der Waals surface area contributed by atoms with Gasteiger partial charge >= 0.3 is 6.18 Å². The van der Waals surface area contributed by atoms with Gasteiger partial charge in [0.05, 0.1) is 18.4 Å². The van der Waals surface area contributed by atoms with Crippen LogP contribution in [0.3, 0.4) is 0 Å². The number of aromatic nitrogens is 3. The number of hydrogen-bond donors (Lipinski definition) is 0. The van der Waals surface area contributed by atoms with Crippen LogP contribution >= 0.6 is 0 Å². The molecule has 1 aliphatic heterocycles. The first-order chi connectivity index (χ1) is 17.6. The number of carbonyl (C=O) groups is 1. The average Bonchev–Trinajstić information content (AvgIpc) is 3.41. The van der Waals surface area contributed by atoms with Crippen LogP contribution < -0.4 is 4.74 Å². The second kappa shape index (κ2) is 11.3. The first-order valence-electron chi connectivity index (χ1n) is 12.4. The quantitative estimate of drug-likeness (QED) is 0.400. The summed E-state index contributed by atoms with van der Waals surface area (Å²) in [7, 11) is 0. The number of rotatable bonds is 8. The van der Waals surface area contributed by atoms with E-state index in [-0.39, 0.29) is 17.5 Å². The summed E-state index contributed by atoms with van der Waals surface area (Å²) in [6.45, 7) is 10.1. The van der Waals surface area contributed by atoms with E-state index in [1.165, 1.54) is 23.3 Å². The van der Waals surface area contributed by atoms with E-state index in [0.717, 1.165) is 36.4 Å². The second-order valence-electron chi connectivity index (χ2n) is 9.35. The molecule has 37 heavy (non-hydrogen) atoms. The van der Waals surface area contributed by atoms with Gasteiger partial charge in [0.1, 0.15) is 5.75 Å². The van der Waals surface area contributed by atoms with Crippen molar-refractivity contribution in [3.05, 3.63) is 76.6 Å². The highest BCUT2D eigenvalue weighted by Crippen LogP contribution is 2.32. The van der Waals surface area contributed by atoms with Gasteiger partial charge in [0, 0.05) is 56.9 Å². The van der Waals surface area contributed by atoms with Crippen molar-refractivity contribution in [2.45, 2.75) is 46.0 Å². The Balaban J connectivity index is 1.31. The molecule has 4 rings (SSSR count). The third kappa shape index (κ3) is 6.30. The normalized spacial score (nSPS) is 15.6. The van der Waals surface area contributed by atoms with E-state index in [1.54, 1.807) is 15.8 Å². The standard InChI is InChI=1S/C27H32F3N5O2/c1-19-20(2)25(37-18-4-12-35-13-11-31-32-35)10-9-24(19)21(3)33-14-16-34(17-15-33)26(36)22-5-7-23(8-6-22)27(28,29)30/h5-11,13,21H,4,12,14-18H2,1-3H3/t21-/m1/s1. The van der Waals surface area contributed by atoms with E-state index in [1.807, 2.05) is 12.3 Å². The highest BCUT2D eigenvalue weighted by atomic mass is 19.4. The van der Waals surface area contributed by atoms with Crippen LogP contribution in [0.15, 0.2) is 48.8 Å². The SMILES string of the molecule is Cc1c(OCCCn2ccnn2)ccc([C@@H](C)N2CCN(C(=O)c3ccc(C(F)(F)F)cc3)CC2)c1C. The molecule has 2 aromatic carbocycles. The van der Waals surface area contributed by atoms with Crippen LogP contribution in [-0.4, -0.2) is 63.5 Å². The van der Waals surface area contributed by atoms with Crippen molar-refractivity contribution in [2.24, 2.45) is 0 Å². The Morgan fingerprint density at radius 3 is 2.35 bits per heavy atom. The predicted octanol–water partition coefficient (Wildman–Crippen LogP) is 4.90. The highest BCUT2D eigenvalue weighted by molar-refractivity contribution is 5.94. The van der Waals surface area contributed by atoms with Crippen LogP contribution in [0.2, 0.25) is 0 Å². The van der Waals surface area contributed by atoms with Gasteiger partial charge in [0.25, 0.3) is 5.91 Å². The number of halogens is 3. The van der Waals surface area contributed by atoms with Crippen LogP contribution in [0.5, 0.6) is 5.75 Å². The Bertz CT molecular complexity index is 1190. The van der Waals surface area contributed by atoms with Crippen molar-refractivity contribution in [2.75, 3.05) is 32.8 Å². The number of alkyl halides is 3. The van der Waals surface area contributed by atoms with Crippen molar-refractivity contribution >= 4 is 5.91 Å². The van der Waals surface area contributed by atoms with Gasteiger partial charge in [0.2, 0.25) is 0 Å². The van der Waals surface area contributed by atoms with Gasteiger partial charge in [-0.3, -0.25) is 14.4 Å². The molecule has 0 spiro atoms. The monoisotopic (exact) mass is 515 g/mol. The predicted molar refractivity (Wildman–Crippen MR) is 133 cm³/mol. The van der Waals surface area contributed by atoms with Gasteiger partial charge in [-0.1, -0.05) is 11.3 Å². The van der Waals surface area contributed by atoms with E-state index in [0.29, 0.717) is 32.8 Å². The lowest BCUT2D eigenvalue weighted by atomic mass is 9.96. The number of benzene rings is 2. The minimum atomic E-state index is -4.41. The van der Waals surface area contributed by atoms with Gasteiger partial charge in [0.15, 0.2) is 0 Å². The first-order valence-corrected chi connectivity index (χ1v) is 12.4. The summed E-state index contributed by atoms with van der Waals surface area (Å²) in [5, 5.41) is 7.76. The number of hydrogen-bond acceptors (Lipinski definition) is 5. The van der Waals surface area contributed by atoms with Gasteiger partial charge in [-0.15, -0.1) is 5.10 Å². The average molecular weight is 516 g/mol. The Morgan fingerprint density at radius 1 is 1.03 bits per heavy atom. The van der Waals surface area contributed by atoms with E-state index >= 15 is 0 Å². The third-order valence-electron chi connectivity index (χ3n) is 7.10. The van der Waals surface area contributed by atoms with Gasteiger partial charge < -0.3 is 9.64 Å². The van der Waals surface area contributed by atoms with Crippen LogP contribution in [0.1, 0.15) is 52.0 Å². The fourth-order valence-electron chi connectivity index (χ4n) is 4.68. The lowest BCUT2D eigenvalue weighted by Gasteiger charge is -2.39. The number of nitrogens with zero attached hydrogens (tertiary/aromatic N) is 5. The summed E-state index contributed by atoms with van der Waals surface area (Å²) in [5.74, 6) is 0.636. The molecule has 1 fully saturated rings. The molecule has 198 valence electrons. The van der Waals surface area contributed by atoms with Crippen LogP contribution in [0.25, 0.3) is 0 Å². The first kappa shape index (κ1) is 26.7. The van der Waals surface area contributed by atoms with Gasteiger partial charge in [-0.05, 0) is 67.8 Å². The van der Waals surface area contributed by atoms with Crippen molar-refractivity contribution in [3.8, 4) is 5.75 Å². The van der Waals surface area contributed by atoms with Crippen LogP contribution in [0.4, 0.5) is 13.2 Å². The van der Waals surface area contributed by atoms with Crippen LogP contribution in [0, 0.1) is 13.8 Å². The zero-order valence-electron chi connectivity index (χ0n) is 21.3. The fraction of sp³-hybridized carbons (Fsp3) is 0.444. The lowest BCUT2D eigenvalue weighted by Crippen LogP contribution is -2.49. The van der Waals surface area contributed by atoms with Crippen molar-refractivity contribution in [3.63, 3.8) is 0 Å². The topological polar surface area (TPSA) is 63.5 Å². The molecule has 0 saturated carbocycles. The zero-order valence-corrected chi connectivity index (χ0v) is 21.3. The largest absolute Gasteiger partial charge is 0.493 e. The molecular formula is C27H32F3N5O2. The van der Waals surface area contributed by atoms with E-state index in [2.05, 4.69) is 42.0 Å². The molecule has 0 bridgehead atoms. The molecule has 0 N–H and O–H groups in total. The second-order valence-corrected chi connectivity index (χ2v) is 9.35. The van der Waals surface area contributed by atoms with E-state index in [9.17, 15) is 18.0 Å². The third-order valence-corrected chi connectivity index (χ3v) is 7.10. The molecule has 1 amide bonds. The molecule has 1 aliphatic rings. The molecule has 3 aromatic rings. The van der Waals surface area contributed by atoms with Crippen molar-refractivity contribution in [1.82, 2.24) is 24.8 Å². The van der Waals surface area contributed by atoms with Crippen molar-refractivity contribution in [1.29, 1.82) is 0 Å². The van der Waals surface area contributed by atoms with Crippen molar-refractivity contribution < 1.29 is 22.7 Å². The highest BCUT2D eigenvalue weighted by Gasteiger charge is 2.31. The molecule has 0 unspecified atom stereocenters. The molecular weight excluding hydrogens is 483 g/mol.